The standard InChI is InChI=1S/C14H17N3O3.C2HF3O2/c1-16-6-10-7-17(14(18)12-4-3-5-20-12)8-11(9-19-2)13(10)15-16;3-2(4,5)1(6)7/h3-6,11H,7-9H2,1-2H3;(H,6,7). The van der Waals surface area contributed by atoms with Gasteiger partial charge in [0.15, 0.2) is 5.76 Å². The van der Waals surface area contributed by atoms with Crippen LogP contribution in [0.1, 0.15) is 27.7 Å². The van der Waals surface area contributed by atoms with Crippen molar-refractivity contribution in [3.63, 3.8) is 0 Å². The third-order valence-electron chi connectivity index (χ3n) is 3.76. The molecule has 0 fully saturated rings. The Labute approximate surface area is 152 Å². The molecular weight excluding hydrogens is 371 g/mol. The second kappa shape index (κ2) is 8.25. The fraction of sp³-hybridized carbons (Fsp3) is 0.438. The Morgan fingerprint density at radius 1 is 1.44 bits per heavy atom. The average molecular weight is 389 g/mol. The molecule has 3 rings (SSSR count). The number of carboxylic acid groups (broad SMARTS) is 1. The highest BCUT2D eigenvalue weighted by atomic mass is 19.4. The van der Waals surface area contributed by atoms with Crippen molar-refractivity contribution in [2.45, 2.75) is 18.6 Å². The van der Waals surface area contributed by atoms with Crippen molar-refractivity contribution in [3.8, 4) is 0 Å². The second-order valence-corrected chi connectivity index (χ2v) is 5.83. The normalized spacial score (nSPS) is 16.3. The molecular formula is C16H18F3N3O5. The van der Waals surface area contributed by atoms with Crippen LogP contribution in [0.15, 0.2) is 29.0 Å². The maximum atomic E-state index is 12.4. The van der Waals surface area contributed by atoms with Gasteiger partial charge in [-0.15, -0.1) is 0 Å². The zero-order valence-electron chi connectivity index (χ0n) is 14.6. The molecule has 1 aliphatic rings. The molecule has 0 spiro atoms. The van der Waals surface area contributed by atoms with Gasteiger partial charge in [0.2, 0.25) is 0 Å². The maximum absolute atomic E-state index is 12.4. The number of fused-ring (bicyclic) bond motifs is 1. The SMILES string of the molecule is COCC1CN(C(=O)c2ccco2)Cc2cn(C)nc21.O=C(O)C(F)(F)F. The minimum Gasteiger partial charge on any atom is -0.475 e. The number of aromatic nitrogens is 2. The Hall–Kier alpha value is -2.82. The molecule has 0 saturated heterocycles. The topological polar surface area (TPSA) is 97.8 Å². The van der Waals surface area contributed by atoms with Crippen molar-refractivity contribution in [2.24, 2.45) is 7.05 Å². The van der Waals surface area contributed by atoms with Crippen LogP contribution in [-0.4, -0.2) is 58.1 Å². The van der Waals surface area contributed by atoms with Crippen LogP contribution in [0.5, 0.6) is 0 Å². The summed E-state index contributed by atoms with van der Waals surface area (Å²) in [5.74, 6) is -2.38. The van der Waals surface area contributed by atoms with E-state index in [0.29, 0.717) is 25.5 Å². The van der Waals surface area contributed by atoms with Gasteiger partial charge in [-0.2, -0.15) is 18.3 Å². The van der Waals surface area contributed by atoms with Gasteiger partial charge >= 0.3 is 12.1 Å². The molecule has 1 unspecified atom stereocenters. The van der Waals surface area contributed by atoms with Gasteiger partial charge in [-0.3, -0.25) is 9.48 Å². The van der Waals surface area contributed by atoms with E-state index in [2.05, 4.69) is 5.10 Å². The number of furan rings is 1. The van der Waals surface area contributed by atoms with Gasteiger partial charge in [-0.1, -0.05) is 0 Å². The smallest absolute Gasteiger partial charge is 0.475 e. The van der Waals surface area contributed by atoms with E-state index in [1.54, 1.807) is 28.8 Å². The third-order valence-corrected chi connectivity index (χ3v) is 3.76. The average Bonchev–Trinajstić information content (AvgIpc) is 3.22. The number of alkyl halides is 3. The monoisotopic (exact) mass is 389 g/mol. The first-order chi connectivity index (χ1) is 12.6. The van der Waals surface area contributed by atoms with E-state index in [1.165, 1.54) is 6.26 Å². The quantitative estimate of drug-likeness (QED) is 0.863. The first-order valence-corrected chi connectivity index (χ1v) is 7.77. The van der Waals surface area contributed by atoms with Crippen LogP contribution in [0.4, 0.5) is 13.2 Å². The molecule has 1 aliphatic heterocycles. The van der Waals surface area contributed by atoms with Crippen LogP contribution >= 0.6 is 0 Å². The molecule has 0 radical (unpaired) electrons. The van der Waals surface area contributed by atoms with Crippen molar-refractivity contribution in [3.05, 3.63) is 41.6 Å². The molecule has 148 valence electrons. The second-order valence-electron chi connectivity index (χ2n) is 5.83. The number of methoxy groups -OCH3 is 1. The molecule has 1 N–H and O–H groups in total. The van der Waals surface area contributed by atoms with Gasteiger partial charge in [-0.25, -0.2) is 4.79 Å². The number of carbonyl (C=O) groups is 2. The number of aliphatic carboxylic acids is 1. The van der Waals surface area contributed by atoms with E-state index in [0.717, 1.165) is 11.3 Å². The molecule has 27 heavy (non-hydrogen) atoms. The number of ether oxygens (including phenoxy) is 1. The fourth-order valence-corrected chi connectivity index (χ4v) is 2.69. The van der Waals surface area contributed by atoms with Gasteiger partial charge in [-0.05, 0) is 12.1 Å². The Morgan fingerprint density at radius 3 is 2.63 bits per heavy atom. The lowest BCUT2D eigenvalue weighted by Gasteiger charge is -2.31. The minimum absolute atomic E-state index is 0.0920. The van der Waals surface area contributed by atoms with E-state index in [1.807, 2.05) is 13.2 Å². The number of rotatable bonds is 3. The van der Waals surface area contributed by atoms with Gasteiger partial charge in [0.1, 0.15) is 0 Å². The van der Waals surface area contributed by atoms with Crippen LogP contribution in [-0.2, 0) is 23.1 Å². The Bertz CT molecular complexity index is 786. The number of hydrogen-bond donors (Lipinski definition) is 1. The number of hydrogen-bond acceptors (Lipinski definition) is 5. The van der Waals surface area contributed by atoms with Gasteiger partial charge in [0.25, 0.3) is 5.91 Å². The summed E-state index contributed by atoms with van der Waals surface area (Å²) in [5, 5.41) is 11.6. The van der Waals surface area contributed by atoms with E-state index >= 15 is 0 Å². The minimum atomic E-state index is -5.08. The number of aryl methyl sites for hydroxylation is 1. The van der Waals surface area contributed by atoms with Crippen molar-refractivity contribution >= 4 is 11.9 Å². The van der Waals surface area contributed by atoms with Crippen molar-refractivity contribution in [1.29, 1.82) is 0 Å². The molecule has 1 amide bonds. The van der Waals surface area contributed by atoms with E-state index in [4.69, 9.17) is 19.1 Å². The zero-order valence-corrected chi connectivity index (χ0v) is 14.6. The lowest BCUT2D eigenvalue weighted by atomic mass is 9.97. The first-order valence-electron chi connectivity index (χ1n) is 7.77. The Balaban J connectivity index is 0.000000321. The predicted octanol–water partition coefficient (Wildman–Crippen LogP) is 2.03. The van der Waals surface area contributed by atoms with Crippen LogP contribution in [0.2, 0.25) is 0 Å². The van der Waals surface area contributed by atoms with E-state index in [9.17, 15) is 18.0 Å². The number of carbonyl (C=O) groups excluding carboxylic acids is 1. The van der Waals surface area contributed by atoms with Crippen molar-refractivity contribution in [1.82, 2.24) is 14.7 Å². The molecule has 3 heterocycles. The molecule has 2 aromatic heterocycles. The molecule has 11 heteroatoms. The highest BCUT2D eigenvalue weighted by molar-refractivity contribution is 5.91. The third kappa shape index (κ3) is 5.09. The molecule has 2 aromatic rings. The Kier molecular flexibility index (Phi) is 6.26. The first kappa shape index (κ1) is 20.5. The summed E-state index contributed by atoms with van der Waals surface area (Å²) >= 11 is 0. The summed E-state index contributed by atoms with van der Waals surface area (Å²) in [5.41, 5.74) is 2.10. The molecule has 0 aromatic carbocycles. The largest absolute Gasteiger partial charge is 0.490 e. The molecule has 8 nitrogen and oxygen atoms in total. The lowest BCUT2D eigenvalue weighted by Crippen LogP contribution is -2.39. The van der Waals surface area contributed by atoms with Crippen LogP contribution in [0.3, 0.4) is 0 Å². The summed E-state index contributed by atoms with van der Waals surface area (Å²) in [6, 6.07) is 3.41. The zero-order chi connectivity index (χ0) is 20.2. The highest BCUT2D eigenvalue weighted by Gasteiger charge is 2.38. The van der Waals surface area contributed by atoms with Crippen molar-refractivity contribution in [2.75, 3.05) is 20.3 Å². The molecule has 0 saturated carbocycles. The van der Waals surface area contributed by atoms with Gasteiger partial charge < -0.3 is 19.2 Å². The molecule has 1 atom stereocenters. The summed E-state index contributed by atoms with van der Waals surface area (Å²) in [6.07, 6.45) is -1.61. The summed E-state index contributed by atoms with van der Waals surface area (Å²) in [7, 11) is 3.55. The number of nitrogens with zero attached hydrogens (tertiary/aromatic N) is 3. The highest BCUT2D eigenvalue weighted by Crippen LogP contribution is 2.28. The van der Waals surface area contributed by atoms with Crippen LogP contribution in [0.25, 0.3) is 0 Å². The molecule has 0 aliphatic carbocycles. The summed E-state index contributed by atoms with van der Waals surface area (Å²) in [4.78, 5) is 23.1. The number of halogens is 3. The molecule has 0 bridgehead atoms. The van der Waals surface area contributed by atoms with Crippen LogP contribution in [0, 0.1) is 0 Å². The van der Waals surface area contributed by atoms with Gasteiger partial charge in [0.05, 0.1) is 18.6 Å². The van der Waals surface area contributed by atoms with Crippen molar-refractivity contribution < 1.29 is 37.0 Å². The summed E-state index contributed by atoms with van der Waals surface area (Å²) < 4.78 is 44.0. The summed E-state index contributed by atoms with van der Waals surface area (Å²) in [6.45, 7) is 1.70. The van der Waals surface area contributed by atoms with E-state index < -0.39 is 12.1 Å². The van der Waals surface area contributed by atoms with E-state index in [-0.39, 0.29) is 11.8 Å². The van der Waals surface area contributed by atoms with Gasteiger partial charge in [0, 0.05) is 44.9 Å². The fourth-order valence-electron chi connectivity index (χ4n) is 2.69. The lowest BCUT2D eigenvalue weighted by molar-refractivity contribution is -0.192. The number of carboxylic acids is 1. The Morgan fingerprint density at radius 2 is 2.11 bits per heavy atom. The maximum Gasteiger partial charge on any atom is 0.490 e. The predicted molar refractivity (Wildman–Crippen MR) is 85.0 cm³/mol. The number of amides is 1. The van der Waals surface area contributed by atoms with Crippen LogP contribution < -0.4 is 0 Å².